The molecular weight excluding hydrogens is 501 g/mol. The van der Waals surface area contributed by atoms with Crippen LogP contribution in [0.1, 0.15) is 18.1 Å². The van der Waals surface area contributed by atoms with E-state index in [0.29, 0.717) is 33.1 Å². The van der Waals surface area contributed by atoms with Gasteiger partial charge in [0, 0.05) is 10.1 Å². The molecule has 0 aliphatic carbocycles. The van der Waals surface area contributed by atoms with Crippen LogP contribution in [-0.2, 0) is 11.4 Å². The predicted molar refractivity (Wildman–Crippen MR) is 120 cm³/mol. The van der Waals surface area contributed by atoms with E-state index >= 15 is 0 Å². The number of nitrogens with zero attached hydrogens (tertiary/aromatic N) is 1. The van der Waals surface area contributed by atoms with E-state index in [-0.39, 0.29) is 5.91 Å². The van der Waals surface area contributed by atoms with Crippen LogP contribution >= 0.6 is 58.2 Å². The molecule has 0 atom stereocenters. The fourth-order valence-corrected chi connectivity index (χ4v) is 4.38. The highest BCUT2D eigenvalue weighted by Crippen LogP contribution is 2.34. The number of likely N-dealkylation sites (N-methyl/N-ethyl adjacent to an activating group) is 1. The largest absolute Gasteiger partial charge is 0.487 e. The number of amides is 1. The number of ether oxygens (including phenoxy) is 1. The molecule has 3 nitrogen and oxygen atoms in total. The number of thiocarbonyl (C=S) groups is 1. The second kappa shape index (κ2) is 8.73. The minimum absolute atomic E-state index is 0.0577. The highest BCUT2D eigenvalue weighted by Gasteiger charge is 2.30. The lowest BCUT2D eigenvalue weighted by Gasteiger charge is -2.10. The molecule has 2 aromatic rings. The molecule has 1 aliphatic heterocycles. The predicted octanol–water partition coefficient (Wildman–Crippen LogP) is 5.74. The first-order chi connectivity index (χ1) is 12.5. The number of carbonyl (C=O) groups is 1. The normalized spacial score (nSPS) is 15.8. The first kappa shape index (κ1) is 19.7. The van der Waals surface area contributed by atoms with E-state index in [9.17, 15) is 4.79 Å². The third-order valence-electron chi connectivity index (χ3n) is 3.75. The Hall–Kier alpha value is -1.09. The average molecular weight is 516 g/mol. The minimum atomic E-state index is -0.0577. The third-order valence-corrected chi connectivity index (χ3v) is 6.14. The fraction of sp³-hybridized carbons (Fsp3) is 0.158. The Morgan fingerprint density at radius 1 is 1.27 bits per heavy atom. The molecule has 0 saturated carbocycles. The van der Waals surface area contributed by atoms with Gasteiger partial charge in [0.1, 0.15) is 16.7 Å². The summed E-state index contributed by atoms with van der Waals surface area (Å²) >= 11 is 15.2. The number of hydrogen-bond donors (Lipinski definition) is 0. The molecule has 2 aromatic carbocycles. The summed E-state index contributed by atoms with van der Waals surface area (Å²) in [5.41, 5.74) is 1.92. The van der Waals surface area contributed by atoms with Crippen molar-refractivity contribution in [2.75, 3.05) is 6.54 Å². The standard InChI is InChI=1S/C19H15ClINO2S2/c1-2-22-18(23)17(26-19(22)25)10-13-5-8-16(15(20)9-13)24-11-12-3-6-14(21)7-4-12/h3-10H,2,11H2,1H3/b17-10-. The van der Waals surface area contributed by atoms with Gasteiger partial charge >= 0.3 is 0 Å². The Morgan fingerprint density at radius 3 is 2.62 bits per heavy atom. The Morgan fingerprint density at radius 2 is 2.00 bits per heavy atom. The zero-order valence-corrected chi connectivity index (χ0v) is 18.4. The van der Waals surface area contributed by atoms with Gasteiger partial charge in [-0.3, -0.25) is 9.69 Å². The van der Waals surface area contributed by atoms with E-state index in [2.05, 4.69) is 22.6 Å². The van der Waals surface area contributed by atoms with Crippen LogP contribution in [0.5, 0.6) is 5.75 Å². The van der Waals surface area contributed by atoms with E-state index in [1.165, 1.54) is 15.3 Å². The zero-order valence-electron chi connectivity index (χ0n) is 13.9. The van der Waals surface area contributed by atoms with Crippen molar-refractivity contribution in [3.05, 3.63) is 67.1 Å². The Kier molecular flexibility index (Phi) is 6.60. The SMILES string of the molecule is CCN1C(=O)/C(=C/c2ccc(OCc3ccc(I)cc3)c(Cl)c2)SC1=S. The van der Waals surface area contributed by atoms with Gasteiger partial charge in [-0.15, -0.1) is 0 Å². The number of carbonyl (C=O) groups excluding carboxylic acids is 1. The number of halogens is 2. The molecular formula is C19H15ClINO2S2. The summed E-state index contributed by atoms with van der Waals surface area (Å²) in [6, 6.07) is 13.6. The van der Waals surface area contributed by atoms with Crippen molar-refractivity contribution in [2.24, 2.45) is 0 Å². The van der Waals surface area contributed by atoms with Crippen LogP contribution in [0.3, 0.4) is 0 Å². The Bertz CT molecular complexity index is 884. The van der Waals surface area contributed by atoms with Crippen molar-refractivity contribution >= 4 is 74.5 Å². The van der Waals surface area contributed by atoms with Crippen LogP contribution < -0.4 is 4.74 Å². The van der Waals surface area contributed by atoms with Crippen molar-refractivity contribution in [1.82, 2.24) is 4.90 Å². The lowest BCUT2D eigenvalue weighted by molar-refractivity contribution is -0.121. The quantitative estimate of drug-likeness (QED) is 0.288. The summed E-state index contributed by atoms with van der Waals surface area (Å²) in [5.74, 6) is 0.557. The molecule has 3 rings (SSSR count). The molecule has 26 heavy (non-hydrogen) atoms. The fourth-order valence-electron chi connectivity index (χ4n) is 2.39. The van der Waals surface area contributed by atoms with Crippen molar-refractivity contribution in [3.63, 3.8) is 0 Å². The number of hydrogen-bond acceptors (Lipinski definition) is 4. The lowest BCUT2D eigenvalue weighted by atomic mass is 10.2. The molecule has 134 valence electrons. The smallest absolute Gasteiger partial charge is 0.266 e. The minimum Gasteiger partial charge on any atom is -0.487 e. The van der Waals surface area contributed by atoms with Gasteiger partial charge < -0.3 is 4.74 Å². The van der Waals surface area contributed by atoms with E-state index in [1.54, 1.807) is 11.0 Å². The van der Waals surface area contributed by atoms with Crippen LogP contribution in [0.25, 0.3) is 6.08 Å². The van der Waals surface area contributed by atoms with E-state index in [4.69, 9.17) is 28.6 Å². The van der Waals surface area contributed by atoms with E-state index in [0.717, 1.165) is 11.1 Å². The van der Waals surface area contributed by atoms with Crippen LogP contribution in [0.15, 0.2) is 47.4 Å². The van der Waals surface area contributed by atoms with Gasteiger partial charge in [-0.2, -0.15) is 0 Å². The van der Waals surface area contributed by atoms with Gasteiger partial charge in [-0.25, -0.2) is 0 Å². The summed E-state index contributed by atoms with van der Waals surface area (Å²) in [7, 11) is 0. The number of benzene rings is 2. The van der Waals surface area contributed by atoms with Crippen LogP contribution in [-0.4, -0.2) is 21.7 Å². The van der Waals surface area contributed by atoms with Gasteiger partial charge in [-0.1, -0.05) is 53.8 Å². The summed E-state index contributed by atoms with van der Waals surface area (Å²) in [6.07, 6.45) is 1.81. The summed E-state index contributed by atoms with van der Waals surface area (Å²) in [4.78, 5) is 14.5. The molecule has 0 unspecified atom stereocenters. The molecule has 1 fully saturated rings. The zero-order chi connectivity index (χ0) is 18.7. The van der Waals surface area contributed by atoms with Crippen molar-refractivity contribution < 1.29 is 9.53 Å². The maximum absolute atomic E-state index is 12.3. The second-order valence-electron chi connectivity index (χ2n) is 5.53. The molecule has 0 radical (unpaired) electrons. The average Bonchev–Trinajstić information content (AvgIpc) is 2.88. The number of thioether (sulfide) groups is 1. The molecule has 1 aliphatic rings. The third kappa shape index (κ3) is 4.60. The van der Waals surface area contributed by atoms with Crippen LogP contribution in [0.4, 0.5) is 0 Å². The van der Waals surface area contributed by atoms with Gasteiger partial charge in [0.25, 0.3) is 5.91 Å². The first-order valence-corrected chi connectivity index (χ1v) is 10.6. The van der Waals surface area contributed by atoms with Crippen molar-refractivity contribution in [2.45, 2.75) is 13.5 Å². The Balaban J connectivity index is 1.71. The van der Waals surface area contributed by atoms with Gasteiger partial charge in [0.05, 0.1) is 9.93 Å². The van der Waals surface area contributed by atoms with Crippen molar-refractivity contribution in [3.8, 4) is 5.75 Å². The monoisotopic (exact) mass is 515 g/mol. The summed E-state index contributed by atoms with van der Waals surface area (Å²) in [6.45, 7) is 2.93. The van der Waals surface area contributed by atoms with Crippen LogP contribution in [0.2, 0.25) is 5.02 Å². The van der Waals surface area contributed by atoms with Crippen LogP contribution in [0, 0.1) is 3.57 Å². The first-order valence-electron chi connectivity index (χ1n) is 7.90. The molecule has 0 N–H and O–H groups in total. The molecule has 7 heteroatoms. The molecule has 0 spiro atoms. The maximum Gasteiger partial charge on any atom is 0.266 e. The maximum atomic E-state index is 12.3. The molecule has 0 aromatic heterocycles. The topological polar surface area (TPSA) is 29.5 Å². The van der Waals surface area contributed by atoms with Gasteiger partial charge in [-0.05, 0) is 71.0 Å². The van der Waals surface area contributed by atoms with Gasteiger partial charge in [0.2, 0.25) is 0 Å². The van der Waals surface area contributed by atoms with Gasteiger partial charge in [0.15, 0.2) is 0 Å². The molecule has 1 amide bonds. The molecule has 1 saturated heterocycles. The highest BCUT2D eigenvalue weighted by molar-refractivity contribution is 14.1. The Labute approximate surface area is 180 Å². The van der Waals surface area contributed by atoms with Crippen molar-refractivity contribution in [1.29, 1.82) is 0 Å². The summed E-state index contributed by atoms with van der Waals surface area (Å²) in [5, 5.41) is 0.509. The molecule has 0 bridgehead atoms. The lowest BCUT2D eigenvalue weighted by Crippen LogP contribution is -2.27. The second-order valence-corrected chi connectivity index (χ2v) is 8.86. The number of rotatable bonds is 5. The summed E-state index contributed by atoms with van der Waals surface area (Å²) < 4.78 is 7.58. The highest BCUT2D eigenvalue weighted by atomic mass is 127. The molecule has 1 heterocycles. The van der Waals surface area contributed by atoms with E-state index < -0.39 is 0 Å². The van der Waals surface area contributed by atoms with E-state index in [1.807, 2.05) is 49.4 Å².